The van der Waals surface area contributed by atoms with E-state index in [1.807, 2.05) is 19.9 Å². The van der Waals surface area contributed by atoms with Gasteiger partial charge in [0.2, 0.25) is 6.79 Å². The second-order valence-corrected chi connectivity index (χ2v) is 4.73. The van der Waals surface area contributed by atoms with E-state index < -0.39 is 6.10 Å². The third-order valence-corrected chi connectivity index (χ3v) is 2.98. The number of hydrogen-bond acceptors (Lipinski definition) is 3. The van der Waals surface area contributed by atoms with Gasteiger partial charge in [0.15, 0.2) is 11.5 Å². The minimum absolute atomic E-state index is 0.180. The molecule has 1 aliphatic heterocycles. The Hall–Kier alpha value is -1.19. The maximum Gasteiger partial charge on any atom is 0.231 e. The normalized spacial score (nSPS) is 15.8. The topological polar surface area (TPSA) is 38.7 Å². The predicted molar refractivity (Wildman–Crippen MR) is 67.5 cm³/mol. The zero-order valence-corrected chi connectivity index (χ0v) is 10.6. The van der Waals surface area contributed by atoms with Crippen molar-refractivity contribution in [3.63, 3.8) is 0 Å². The molecule has 3 nitrogen and oxygen atoms in total. The SMILES string of the molecule is CC(C)C(O)/C=C/c1cc2c(cc1Cl)OCO2. The molecular formula is C13H15ClO3. The fourth-order valence-electron chi connectivity index (χ4n) is 1.49. The summed E-state index contributed by atoms with van der Waals surface area (Å²) in [4.78, 5) is 0. The Labute approximate surface area is 106 Å². The van der Waals surface area contributed by atoms with Crippen molar-refractivity contribution in [2.75, 3.05) is 6.79 Å². The molecular weight excluding hydrogens is 240 g/mol. The van der Waals surface area contributed by atoms with Gasteiger partial charge in [0.05, 0.1) is 11.1 Å². The molecule has 1 unspecified atom stereocenters. The molecule has 0 saturated carbocycles. The van der Waals surface area contributed by atoms with Crippen LogP contribution in [-0.2, 0) is 0 Å². The van der Waals surface area contributed by atoms with Crippen LogP contribution in [0.25, 0.3) is 6.08 Å². The second-order valence-electron chi connectivity index (χ2n) is 4.32. The van der Waals surface area contributed by atoms with Crippen molar-refractivity contribution in [3.8, 4) is 11.5 Å². The number of hydrogen-bond donors (Lipinski definition) is 1. The van der Waals surface area contributed by atoms with Gasteiger partial charge in [-0.3, -0.25) is 0 Å². The molecule has 0 radical (unpaired) electrons. The van der Waals surface area contributed by atoms with Crippen molar-refractivity contribution in [3.05, 3.63) is 28.8 Å². The van der Waals surface area contributed by atoms with Crippen LogP contribution in [0.2, 0.25) is 5.02 Å². The molecule has 1 aliphatic rings. The van der Waals surface area contributed by atoms with E-state index >= 15 is 0 Å². The van der Waals surface area contributed by atoms with Crippen LogP contribution in [0, 0.1) is 5.92 Å². The van der Waals surface area contributed by atoms with Gasteiger partial charge in [0.1, 0.15) is 0 Å². The van der Waals surface area contributed by atoms with Crippen molar-refractivity contribution in [1.29, 1.82) is 0 Å². The monoisotopic (exact) mass is 254 g/mol. The van der Waals surface area contributed by atoms with Gasteiger partial charge >= 0.3 is 0 Å². The lowest BCUT2D eigenvalue weighted by atomic mass is 10.1. The zero-order chi connectivity index (χ0) is 12.4. The average molecular weight is 255 g/mol. The molecule has 4 heteroatoms. The van der Waals surface area contributed by atoms with Crippen LogP contribution in [0.1, 0.15) is 19.4 Å². The van der Waals surface area contributed by atoms with E-state index in [0.717, 1.165) is 5.56 Å². The Bertz CT molecular complexity index is 441. The smallest absolute Gasteiger partial charge is 0.231 e. The molecule has 0 spiro atoms. The van der Waals surface area contributed by atoms with E-state index in [9.17, 15) is 5.11 Å². The fourth-order valence-corrected chi connectivity index (χ4v) is 1.70. The summed E-state index contributed by atoms with van der Waals surface area (Å²) < 4.78 is 10.5. The van der Waals surface area contributed by atoms with Gasteiger partial charge < -0.3 is 14.6 Å². The molecule has 0 aliphatic carbocycles. The number of aliphatic hydroxyl groups excluding tert-OH is 1. The van der Waals surface area contributed by atoms with Crippen LogP contribution in [0.15, 0.2) is 18.2 Å². The zero-order valence-electron chi connectivity index (χ0n) is 9.81. The van der Waals surface area contributed by atoms with Crippen molar-refractivity contribution >= 4 is 17.7 Å². The second kappa shape index (κ2) is 4.98. The summed E-state index contributed by atoms with van der Waals surface area (Å²) in [6, 6.07) is 3.54. The fraction of sp³-hybridized carbons (Fsp3) is 0.385. The highest BCUT2D eigenvalue weighted by Crippen LogP contribution is 2.37. The molecule has 0 amide bonds. The van der Waals surface area contributed by atoms with E-state index in [1.54, 1.807) is 18.2 Å². The molecule has 1 aromatic rings. The van der Waals surface area contributed by atoms with Crippen molar-refractivity contribution in [1.82, 2.24) is 0 Å². The Balaban J connectivity index is 2.22. The summed E-state index contributed by atoms with van der Waals surface area (Å²) in [5, 5.41) is 10.3. The van der Waals surface area contributed by atoms with Gasteiger partial charge in [0, 0.05) is 6.07 Å². The van der Waals surface area contributed by atoms with Crippen LogP contribution < -0.4 is 9.47 Å². The molecule has 0 fully saturated rings. The summed E-state index contributed by atoms with van der Waals surface area (Å²) in [5.41, 5.74) is 0.815. The van der Waals surface area contributed by atoms with Gasteiger partial charge in [-0.1, -0.05) is 37.6 Å². The number of benzene rings is 1. The first-order valence-electron chi connectivity index (χ1n) is 5.53. The summed E-state index contributed by atoms with van der Waals surface area (Å²) >= 11 is 6.10. The Morgan fingerprint density at radius 3 is 2.59 bits per heavy atom. The maximum atomic E-state index is 9.69. The van der Waals surface area contributed by atoms with E-state index in [4.69, 9.17) is 21.1 Å². The van der Waals surface area contributed by atoms with Gasteiger partial charge in [-0.2, -0.15) is 0 Å². The summed E-state index contributed by atoms with van der Waals surface area (Å²) in [7, 11) is 0. The van der Waals surface area contributed by atoms with Crippen molar-refractivity contribution in [2.45, 2.75) is 20.0 Å². The first-order chi connectivity index (χ1) is 8.08. The molecule has 2 rings (SSSR count). The minimum atomic E-state index is -0.475. The molecule has 1 heterocycles. The average Bonchev–Trinajstić information content (AvgIpc) is 2.72. The first-order valence-corrected chi connectivity index (χ1v) is 5.91. The quantitative estimate of drug-likeness (QED) is 0.901. The third-order valence-electron chi connectivity index (χ3n) is 2.65. The molecule has 1 atom stereocenters. The highest BCUT2D eigenvalue weighted by atomic mass is 35.5. The molecule has 0 bridgehead atoms. The van der Waals surface area contributed by atoms with E-state index in [0.29, 0.717) is 16.5 Å². The Kier molecular flexibility index (Phi) is 3.60. The lowest BCUT2D eigenvalue weighted by Crippen LogP contribution is -2.10. The van der Waals surface area contributed by atoms with Crippen LogP contribution in [-0.4, -0.2) is 18.0 Å². The number of halogens is 1. The molecule has 0 saturated heterocycles. The van der Waals surface area contributed by atoms with E-state index in [2.05, 4.69) is 0 Å². The molecule has 92 valence electrons. The highest BCUT2D eigenvalue weighted by molar-refractivity contribution is 6.32. The molecule has 1 N–H and O–H groups in total. The van der Waals surface area contributed by atoms with Gasteiger partial charge in [-0.05, 0) is 17.5 Å². The van der Waals surface area contributed by atoms with Gasteiger partial charge in [0.25, 0.3) is 0 Å². The summed E-state index contributed by atoms with van der Waals surface area (Å²) in [6.45, 7) is 4.14. The van der Waals surface area contributed by atoms with Crippen LogP contribution in [0.4, 0.5) is 0 Å². The van der Waals surface area contributed by atoms with Crippen LogP contribution in [0.5, 0.6) is 11.5 Å². The summed E-state index contributed by atoms with van der Waals surface area (Å²) in [5.74, 6) is 1.53. The Morgan fingerprint density at radius 2 is 1.94 bits per heavy atom. The number of rotatable bonds is 3. The lowest BCUT2D eigenvalue weighted by Gasteiger charge is -2.09. The minimum Gasteiger partial charge on any atom is -0.454 e. The maximum absolute atomic E-state index is 9.69. The molecule has 17 heavy (non-hydrogen) atoms. The number of ether oxygens (including phenoxy) is 2. The standard InChI is InChI=1S/C13H15ClO3/c1-8(2)11(15)4-3-9-5-12-13(6-10(9)14)17-7-16-12/h3-6,8,11,15H,7H2,1-2H3/b4-3+. The van der Waals surface area contributed by atoms with E-state index in [1.165, 1.54) is 0 Å². The largest absolute Gasteiger partial charge is 0.454 e. The predicted octanol–water partition coefficient (Wildman–Crippen LogP) is 3.10. The van der Waals surface area contributed by atoms with Gasteiger partial charge in [-0.25, -0.2) is 0 Å². The first kappa shape index (κ1) is 12.3. The van der Waals surface area contributed by atoms with E-state index in [-0.39, 0.29) is 12.7 Å². The number of aliphatic hydroxyl groups is 1. The highest BCUT2D eigenvalue weighted by Gasteiger charge is 2.15. The van der Waals surface area contributed by atoms with Crippen molar-refractivity contribution in [2.24, 2.45) is 5.92 Å². The van der Waals surface area contributed by atoms with Crippen LogP contribution in [0.3, 0.4) is 0 Å². The third kappa shape index (κ3) is 2.73. The number of fused-ring (bicyclic) bond motifs is 1. The van der Waals surface area contributed by atoms with Crippen molar-refractivity contribution < 1.29 is 14.6 Å². The molecule has 0 aromatic heterocycles. The van der Waals surface area contributed by atoms with Crippen LogP contribution >= 0.6 is 11.6 Å². The lowest BCUT2D eigenvalue weighted by molar-refractivity contribution is 0.173. The van der Waals surface area contributed by atoms with Gasteiger partial charge in [-0.15, -0.1) is 0 Å². The Morgan fingerprint density at radius 1 is 1.29 bits per heavy atom. The molecule has 1 aromatic carbocycles. The summed E-state index contributed by atoms with van der Waals surface area (Å²) in [6.07, 6.45) is 3.06.